The number of carbonyl (C=O) groups excluding carboxylic acids is 1. The van der Waals surface area contributed by atoms with Gasteiger partial charge in [0.05, 0.1) is 0 Å². The molecule has 2 aromatic rings. The van der Waals surface area contributed by atoms with Crippen LogP contribution in [0.3, 0.4) is 0 Å². The molecule has 1 amide bonds. The highest BCUT2D eigenvalue weighted by Gasteiger charge is 2.13. The molecule has 90 valence electrons. The summed E-state index contributed by atoms with van der Waals surface area (Å²) < 4.78 is 1.64. The van der Waals surface area contributed by atoms with Crippen molar-refractivity contribution in [3.63, 3.8) is 0 Å². The lowest BCUT2D eigenvalue weighted by Crippen LogP contribution is -2.24. The summed E-state index contributed by atoms with van der Waals surface area (Å²) >= 11 is 0. The molecule has 0 radical (unpaired) electrons. The number of amides is 1. The van der Waals surface area contributed by atoms with Gasteiger partial charge in [0.15, 0.2) is 11.5 Å². The van der Waals surface area contributed by atoms with E-state index in [0.29, 0.717) is 17.9 Å². The van der Waals surface area contributed by atoms with Crippen LogP contribution in [-0.2, 0) is 6.42 Å². The van der Waals surface area contributed by atoms with Crippen LogP contribution in [0.1, 0.15) is 35.7 Å². The molecule has 0 aliphatic rings. The summed E-state index contributed by atoms with van der Waals surface area (Å²) in [7, 11) is 0. The van der Waals surface area contributed by atoms with E-state index in [9.17, 15) is 4.79 Å². The standard InChI is InChI=1S/C11H15N5O/c1-4-9-13-14-10-7(3)6-8(15-16(9)10)11(17)12-5-2/h6H,4-5H2,1-3H3,(H,12,17). The van der Waals surface area contributed by atoms with Gasteiger partial charge in [-0.25, -0.2) is 0 Å². The van der Waals surface area contributed by atoms with Gasteiger partial charge >= 0.3 is 0 Å². The van der Waals surface area contributed by atoms with Gasteiger partial charge in [-0.05, 0) is 25.5 Å². The Kier molecular flexibility index (Phi) is 3.03. The van der Waals surface area contributed by atoms with Gasteiger partial charge in [-0.2, -0.15) is 9.61 Å². The highest BCUT2D eigenvalue weighted by molar-refractivity contribution is 5.92. The molecule has 2 aromatic heterocycles. The number of aromatic nitrogens is 4. The van der Waals surface area contributed by atoms with E-state index >= 15 is 0 Å². The van der Waals surface area contributed by atoms with Gasteiger partial charge in [0.25, 0.3) is 5.91 Å². The molecule has 0 saturated heterocycles. The molecule has 0 fully saturated rings. The molecule has 0 saturated carbocycles. The van der Waals surface area contributed by atoms with E-state index in [-0.39, 0.29) is 5.91 Å². The Labute approximate surface area is 99.0 Å². The average molecular weight is 233 g/mol. The van der Waals surface area contributed by atoms with Gasteiger partial charge in [-0.15, -0.1) is 10.2 Å². The fraction of sp³-hybridized carbons (Fsp3) is 0.455. The molecule has 6 nitrogen and oxygen atoms in total. The zero-order valence-corrected chi connectivity index (χ0v) is 10.2. The molecule has 0 atom stereocenters. The van der Waals surface area contributed by atoms with Gasteiger partial charge in [0.1, 0.15) is 5.69 Å². The number of hydrogen-bond donors (Lipinski definition) is 1. The molecule has 0 aromatic carbocycles. The summed E-state index contributed by atoms with van der Waals surface area (Å²) in [4.78, 5) is 11.7. The van der Waals surface area contributed by atoms with Crippen LogP contribution in [0, 0.1) is 6.92 Å². The third kappa shape index (κ3) is 1.98. The van der Waals surface area contributed by atoms with Crippen LogP contribution in [0.4, 0.5) is 0 Å². The number of fused-ring (bicyclic) bond motifs is 1. The maximum atomic E-state index is 11.7. The molecule has 0 aliphatic heterocycles. The monoisotopic (exact) mass is 233 g/mol. The summed E-state index contributed by atoms with van der Waals surface area (Å²) in [6.45, 7) is 6.33. The lowest BCUT2D eigenvalue weighted by Gasteiger charge is -2.04. The second-order valence-electron chi connectivity index (χ2n) is 3.78. The highest BCUT2D eigenvalue weighted by Crippen LogP contribution is 2.10. The normalized spacial score (nSPS) is 10.8. The zero-order chi connectivity index (χ0) is 12.4. The summed E-state index contributed by atoms with van der Waals surface area (Å²) in [6, 6.07) is 1.73. The Hall–Kier alpha value is -1.98. The third-order valence-electron chi connectivity index (χ3n) is 2.51. The number of hydrogen-bond acceptors (Lipinski definition) is 4. The van der Waals surface area contributed by atoms with Gasteiger partial charge < -0.3 is 5.32 Å². The van der Waals surface area contributed by atoms with Crippen molar-refractivity contribution in [3.8, 4) is 0 Å². The topological polar surface area (TPSA) is 72.2 Å². The van der Waals surface area contributed by atoms with Crippen molar-refractivity contribution >= 4 is 11.6 Å². The molecular weight excluding hydrogens is 218 g/mol. The van der Waals surface area contributed by atoms with Crippen molar-refractivity contribution in [2.75, 3.05) is 6.54 Å². The van der Waals surface area contributed by atoms with Crippen molar-refractivity contribution in [2.45, 2.75) is 27.2 Å². The van der Waals surface area contributed by atoms with Crippen LogP contribution < -0.4 is 5.32 Å². The molecule has 0 bridgehead atoms. The minimum atomic E-state index is -0.173. The molecule has 1 N–H and O–H groups in total. The number of rotatable bonds is 3. The number of carbonyl (C=O) groups is 1. The van der Waals surface area contributed by atoms with E-state index in [0.717, 1.165) is 17.8 Å². The first-order chi connectivity index (χ1) is 8.17. The van der Waals surface area contributed by atoms with Gasteiger partial charge in [-0.1, -0.05) is 6.92 Å². The Morgan fingerprint density at radius 3 is 2.82 bits per heavy atom. The van der Waals surface area contributed by atoms with Crippen molar-refractivity contribution in [2.24, 2.45) is 0 Å². The molecule has 0 spiro atoms. The molecule has 6 heteroatoms. The first kappa shape index (κ1) is 11.5. The van der Waals surface area contributed by atoms with Crippen molar-refractivity contribution in [1.82, 2.24) is 25.1 Å². The SMILES string of the molecule is CCNC(=O)c1cc(C)c2nnc(CC)n2n1. The molecule has 2 rings (SSSR count). The Balaban J connectivity index is 2.56. The van der Waals surface area contributed by atoms with Crippen LogP contribution in [0.5, 0.6) is 0 Å². The minimum absolute atomic E-state index is 0.173. The first-order valence-electron chi connectivity index (χ1n) is 5.67. The minimum Gasteiger partial charge on any atom is -0.351 e. The largest absolute Gasteiger partial charge is 0.351 e. The first-order valence-corrected chi connectivity index (χ1v) is 5.67. The van der Waals surface area contributed by atoms with E-state index < -0.39 is 0 Å². The van der Waals surface area contributed by atoms with E-state index in [4.69, 9.17) is 0 Å². The quantitative estimate of drug-likeness (QED) is 0.848. The van der Waals surface area contributed by atoms with Gasteiger partial charge in [0.2, 0.25) is 0 Å². The Bertz CT molecular complexity index is 560. The fourth-order valence-corrected chi connectivity index (χ4v) is 1.65. The van der Waals surface area contributed by atoms with Crippen LogP contribution in [0.2, 0.25) is 0 Å². The molecule has 2 heterocycles. The predicted octanol–water partition coefficient (Wildman–Crippen LogP) is 0.745. The number of aryl methyl sites for hydroxylation is 2. The summed E-state index contributed by atoms with van der Waals surface area (Å²) in [5.41, 5.74) is 2.00. The summed E-state index contributed by atoms with van der Waals surface area (Å²) in [5, 5.41) is 15.1. The second-order valence-corrected chi connectivity index (χ2v) is 3.78. The maximum Gasteiger partial charge on any atom is 0.271 e. The van der Waals surface area contributed by atoms with Crippen LogP contribution in [0.25, 0.3) is 5.65 Å². The maximum absolute atomic E-state index is 11.7. The summed E-state index contributed by atoms with van der Waals surface area (Å²) in [5.74, 6) is 0.586. The average Bonchev–Trinajstić information content (AvgIpc) is 2.72. The summed E-state index contributed by atoms with van der Waals surface area (Å²) in [6.07, 6.45) is 0.729. The predicted molar refractivity (Wildman–Crippen MR) is 62.9 cm³/mol. The smallest absolute Gasteiger partial charge is 0.271 e. The van der Waals surface area contributed by atoms with E-state index in [1.807, 2.05) is 20.8 Å². The molecule has 17 heavy (non-hydrogen) atoms. The van der Waals surface area contributed by atoms with Crippen LogP contribution in [-0.4, -0.2) is 32.3 Å². The van der Waals surface area contributed by atoms with Crippen LogP contribution >= 0.6 is 0 Å². The Morgan fingerprint density at radius 2 is 2.18 bits per heavy atom. The fourth-order valence-electron chi connectivity index (χ4n) is 1.65. The van der Waals surface area contributed by atoms with Crippen molar-refractivity contribution < 1.29 is 4.79 Å². The van der Waals surface area contributed by atoms with Crippen molar-refractivity contribution in [3.05, 3.63) is 23.1 Å². The van der Waals surface area contributed by atoms with Gasteiger partial charge in [0, 0.05) is 13.0 Å². The lowest BCUT2D eigenvalue weighted by molar-refractivity contribution is 0.0949. The molecular formula is C11H15N5O. The highest BCUT2D eigenvalue weighted by atomic mass is 16.1. The third-order valence-corrected chi connectivity index (χ3v) is 2.51. The lowest BCUT2D eigenvalue weighted by atomic mass is 10.2. The second kappa shape index (κ2) is 4.48. The number of nitrogens with zero attached hydrogens (tertiary/aromatic N) is 4. The zero-order valence-electron chi connectivity index (χ0n) is 10.2. The Morgan fingerprint density at radius 1 is 1.41 bits per heavy atom. The van der Waals surface area contributed by atoms with E-state index in [2.05, 4.69) is 20.6 Å². The molecule has 0 aliphatic carbocycles. The van der Waals surface area contributed by atoms with E-state index in [1.54, 1.807) is 10.6 Å². The van der Waals surface area contributed by atoms with Gasteiger partial charge in [-0.3, -0.25) is 4.79 Å². The van der Waals surface area contributed by atoms with E-state index in [1.165, 1.54) is 0 Å². The van der Waals surface area contributed by atoms with Crippen molar-refractivity contribution in [1.29, 1.82) is 0 Å². The molecule has 0 unspecified atom stereocenters. The number of nitrogens with one attached hydrogen (secondary N) is 1. The van der Waals surface area contributed by atoms with Crippen LogP contribution in [0.15, 0.2) is 6.07 Å².